The minimum absolute atomic E-state index is 0.325. The Bertz CT molecular complexity index is 200. The monoisotopic (exact) mass is 236 g/mol. The molecule has 0 aliphatic carbocycles. The summed E-state index contributed by atoms with van der Waals surface area (Å²) in [6.45, 7) is 0.325. The largest absolute Gasteiger partial charge is 0.382 e. The van der Waals surface area contributed by atoms with Gasteiger partial charge in [0.15, 0.2) is 6.29 Å². The van der Waals surface area contributed by atoms with Crippen LogP contribution in [-0.2, 0) is 23.7 Å². The number of aliphatic hydroxyl groups is 1. The standard InChI is InChI=1S/C10H20O6/c1-12-5-6-7(13-2)8(14-3)9(15-4)10(11)16-6/h6-11H,5H2,1-4H3/t6?,7-,8-,9?,10+/m1/s1. The van der Waals surface area contributed by atoms with Gasteiger partial charge in [-0.25, -0.2) is 0 Å². The molecule has 6 nitrogen and oxygen atoms in total. The second-order valence-electron chi connectivity index (χ2n) is 3.62. The van der Waals surface area contributed by atoms with E-state index in [-0.39, 0.29) is 18.3 Å². The second kappa shape index (κ2) is 6.48. The second-order valence-corrected chi connectivity index (χ2v) is 3.62. The van der Waals surface area contributed by atoms with Gasteiger partial charge in [0.05, 0.1) is 6.61 Å². The molecule has 0 bridgehead atoms. The van der Waals surface area contributed by atoms with Crippen molar-refractivity contribution in [2.24, 2.45) is 0 Å². The lowest BCUT2D eigenvalue weighted by Gasteiger charge is -2.42. The number of hydrogen-bond donors (Lipinski definition) is 1. The van der Waals surface area contributed by atoms with Gasteiger partial charge >= 0.3 is 0 Å². The van der Waals surface area contributed by atoms with Gasteiger partial charge in [-0.3, -0.25) is 0 Å². The third-order valence-corrected chi connectivity index (χ3v) is 2.76. The van der Waals surface area contributed by atoms with Crippen LogP contribution in [0.3, 0.4) is 0 Å². The Labute approximate surface area is 95.4 Å². The van der Waals surface area contributed by atoms with Crippen LogP contribution in [0.25, 0.3) is 0 Å². The molecule has 1 rings (SSSR count). The number of methoxy groups -OCH3 is 4. The van der Waals surface area contributed by atoms with Crippen LogP contribution in [0.2, 0.25) is 0 Å². The van der Waals surface area contributed by atoms with E-state index in [4.69, 9.17) is 23.7 Å². The zero-order valence-corrected chi connectivity index (χ0v) is 10.1. The van der Waals surface area contributed by atoms with Crippen LogP contribution in [-0.4, -0.2) is 70.9 Å². The van der Waals surface area contributed by atoms with E-state index in [0.717, 1.165) is 0 Å². The molecule has 1 N–H and O–H groups in total. The van der Waals surface area contributed by atoms with Crippen molar-refractivity contribution in [3.63, 3.8) is 0 Å². The fraction of sp³-hybridized carbons (Fsp3) is 1.00. The first-order chi connectivity index (χ1) is 7.69. The molecular weight excluding hydrogens is 216 g/mol. The Morgan fingerprint density at radius 3 is 1.94 bits per heavy atom. The van der Waals surface area contributed by atoms with Crippen molar-refractivity contribution in [3.05, 3.63) is 0 Å². The van der Waals surface area contributed by atoms with Gasteiger partial charge in [-0.1, -0.05) is 0 Å². The van der Waals surface area contributed by atoms with Gasteiger partial charge < -0.3 is 28.8 Å². The molecule has 0 amide bonds. The number of hydrogen-bond acceptors (Lipinski definition) is 6. The Balaban J connectivity index is 2.78. The van der Waals surface area contributed by atoms with Gasteiger partial charge in [0.1, 0.15) is 24.4 Å². The lowest BCUT2D eigenvalue weighted by atomic mass is 9.98. The van der Waals surface area contributed by atoms with Crippen LogP contribution in [0.4, 0.5) is 0 Å². The van der Waals surface area contributed by atoms with Crippen molar-refractivity contribution in [1.29, 1.82) is 0 Å². The van der Waals surface area contributed by atoms with Gasteiger partial charge in [0.25, 0.3) is 0 Å². The molecule has 1 heterocycles. The quantitative estimate of drug-likeness (QED) is 0.687. The van der Waals surface area contributed by atoms with Crippen molar-refractivity contribution in [2.75, 3.05) is 35.0 Å². The van der Waals surface area contributed by atoms with Crippen LogP contribution < -0.4 is 0 Å². The van der Waals surface area contributed by atoms with Crippen molar-refractivity contribution >= 4 is 0 Å². The summed E-state index contributed by atoms with van der Waals surface area (Å²) in [7, 11) is 6.16. The molecule has 0 saturated carbocycles. The molecule has 0 radical (unpaired) electrons. The molecule has 1 saturated heterocycles. The molecule has 5 atom stereocenters. The molecule has 0 spiro atoms. The van der Waals surface area contributed by atoms with Crippen LogP contribution in [0, 0.1) is 0 Å². The fourth-order valence-corrected chi connectivity index (χ4v) is 2.00. The molecule has 1 aliphatic heterocycles. The highest BCUT2D eigenvalue weighted by molar-refractivity contribution is 4.91. The van der Waals surface area contributed by atoms with Crippen molar-refractivity contribution in [2.45, 2.75) is 30.7 Å². The predicted octanol–water partition coefficient (Wildman–Crippen LogP) is -0.605. The highest BCUT2D eigenvalue weighted by Gasteiger charge is 2.46. The third-order valence-electron chi connectivity index (χ3n) is 2.76. The van der Waals surface area contributed by atoms with Crippen LogP contribution in [0.15, 0.2) is 0 Å². The number of rotatable bonds is 5. The maximum Gasteiger partial charge on any atom is 0.184 e. The van der Waals surface area contributed by atoms with Crippen molar-refractivity contribution < 1.29 is 28.8 Å². The lowest BCUT2D eigenvalue weighted by molar-refractivity contribution is -0.300. The zero-order valence-electron chi connectivity index (χ0n) is 10.1. The molecule has 16 heavy (non-hydrogen) atoms. The maximum absolute atomic E-state index is 9.74. The van der Waals surface area contributed by atoms with Gasteiger partial charge in [0, 0.05) is 28.4 Å². The molecule has 1 fully saturated rings. The first-order valence-electron chi connectivity index (χ1n) is 5.10. The molecular formula is C10H20O6. The van der Waals surface area contributed by atoms with E-state index < -0.39 is 12.4 Å². The topological polar surface area (TPSA) is 66.4 Å². The number of ether oxygens (including phenoxy) is 5. The van der Waals surface area contributed by atoms with Crippen molar-refractivity contribution in [1.82, 2.24) is 0 Å². The van der Waals surface area contributed by atoms with Crippen LogP contribution in [0.1, 0.15) is 0 Å². The predicted molar refractivity (Wildman–Crippen MR) is 55.1 cm³/mol. The first-order valence-corrected chi connectivity index (χ1v) is 5.10. The molecule has 0 aromatic heterocycles. The summed E-state index contributed by atoms with van der Waals surface area (Å²) in [5, 5.41) is 9.74. The van der Waals surface area contributed by atoms with Crippen LogP contribution >= 0.6 is 0 Å². The minimum Gasteiger partial charge on any atom is -0.382 e. The van der Waals surface area contributed by atoms with Gasteiger partial charge in [-0.05, 0) is 0 Å². The fourth-order valence-electron chi connectivity index (χ4n) is 2.00. The highest BCUT2D eigenvalue weighted by atomic mass is 16.7. The molecule has 6 heteroatoms. The normalized spacial score (nSPS) is 39.9. The van der Waals surface area contributed by atoms with E-state index in [1.165, 1.54) is 7.11 Å². The minimum atomic E-state index is -1.04. The van der Waals surface area contributed by atoms with Crippen LogP contribution in [0.5, 0.6) is 0 Å². The molecule has 2 unspecified atom stereocenters. The molecule has 0 aromatic rings. The Morgan fingerprint density at radius 2 is 1.50 bits per heavy atom. The smallest absolute Gasteiger partial charge is 0.184 e. The zero-order chi connectivity index (χ0) is 12.1. The van der Waals surface area contributed by atoms with E-state index in [9.17, 15) is 5.11 Å². The third kappa shape index (κ3) is 2.71. The summed E-state index contributed by atoms with van der Waals surface area (Å²) in [4.78, 5) is 0. The van der Waals surface area contributed by atoms with E-state index in [0.29, 0.717) is 6.61 Å². The summed E-state index contributed by atoms with van der Waals surface area (Å²) < 4.78 is 26.1. The molecule has 96 valence electrons. The van der Waals surface area contributed by atoms with E-state index in [1.807, 2.05) is 0 Å². The molecule has 0 aromatic carbocycles. The number of aliphatic hydroxyl groups excluding tert-OH is 1. The summed E-state index contributed by atoms with van der Waals surface area (Å²) in [5.74, 6) is 0. The summed E-state index contributed by atoms with van der Waals surface area (Å²) in [5.41, 5.74) is 0. The Morgan fingerprint density at radius 1 is 0.938 bits per heavy atom. The van der Waals surface area contributed by atoms with Crippen molar-refractivity contribution in [3.8, 4) is 0 Å². The van der Waals surface area contributed by atoms with E-state index in [1.54, 1.807) is 21.3 Å². The van der Waals surface area contributed by atoms with E-state index in [2.05, 4.69) is 0 Å². The average molecular weight is 236 g/mol. The van der Waals surface area contributed by atoms with E-state index >= 15 is 0 Å². The lowest BCUT2D eigenvalue weighted by Crippen LogP contribution is -2.60. The first kappa shape index (κ1) is 13.8. The molecule has 1 aliphatic rings. The highest BCUT2D eigenvalue weighted by Crippen LogP contribution is 2.25. The SMILES string of the molecule is COCC1O[C@H](O)C(OC)[C@H](OC)[C@@H]1OC. The summed E-state index contributed by atoms with van der Waals surface area (Å²) in [6.07, 6.45) is -2.71. The van der Waals surface area contributed by atoms with Gasteiger partial charge in [0.2, 0.25) is 0 Å². The average Bonchev–Trinajstić information content (AvgIpc) is 2.28. The summed E-state index contributed by atoms with van der Waals surface area (Å²) >= 11 is 0. The van der Waals surface area contributed by atoms with Gasteiger partial charge in [-0.15, -0.1) is 0 Å². The maximum atomic E-state index is 9.74. The Kier molecular flexibility index (Phi) is 5.60. The summed E-state index contributed by atoms with van der Waals surface area (Å²) in [6, 6.07) is 0. The van der Waals surface area contributed by atoms with Gasteiger partial charge in [-0.2, -0.15) is 0 Å². The Hall–Kier alpha value is -0.240.